The number of carboxylic acid groups (broad SMARTS) is 1. The third-order valence-electron chi connectivity index (χ3n) is 3.16. The Bertz CT molecular complexity index is 439. The highest BCUT2D eigenvalue weighted by Gasteiger charge is 2.10. The molecule has 20 heavy (non-hydrogen) atoms. The Kier molecular flexibility index (Phi) is 6.20. The molecule has 0 radical (unpaired) electrons. The van der Waals surface area contributed by atoms with Gasteiger partial charge in [0.25, 0.3) is 0 Å². The van der Waals surface area contributed by atoms with E-state index < -0.39 is 5.97 Å². The van der Waals surface area contributed by atoms with Gasteiger partial charge in [-0.3, -0.25) is 4.90 Å². The number of thiophene rings is 1. The number of aliphatic carboxylic acids is 1. The molecule has 1 saturated heterocycles. The maximum Gasteiger partial charge on any atom is 0.332 e. The molecule has 0 bridgehead atoms. The molecule has 1 aromatic rings. The first-order chi connectivity index (χ1) is 9.75. The minimum absolute atomic E-state index is 0.386. The van der Waals surface area contributed by atoms with Gasteiger partial charge in [0.1, 0.15) is 0 Å². The molecule has 0 saturated carbocycles. The van der Waals surface area contributed by atoms with Gasteiger partial charge in [-0.15, -0.1) is 11.3 Å². The molecule has 5 nitrogen and oxygen atoms in total. The molecule has 0 unspecified atom stereocenters. The summed E-state index contributed by atoms with van der Waals surface area (Å²) in [4.78, 5) is 14.5. The monoisotopic (exact) mass is 296 g/mol. The summed E-state index contributed by atoms with van der Waals surface area (Å²) in [6.07, 6.45) is 1.73. The van der Waals surface area contributed by atoms with Crippen LogP contribution in [0.25, 0.3) is 6.08 Å². The number of hydrogen-bond acceptors (Lipinski definition) is 5. The maximum atomic E-state index is 11.2. The van der Waals surface area contributed by atoms with Gasteiger partial charge in [-0.05, 0) is 17.5 Å². The molecule has 0 spiro atoms. The molecular formula is C14H20N2O3S. The maximum absolute atomic E-state index is 11.2. The number of nitrogens with zero attached hydrogens (tertiary/aromatic N) is 1. The summed E-state index contributed by atoms with van der Waals surface area (Å²) in [5, 5.41) is 14.3. The van der Waals surface area contributed by atoms with Gasteiger partial charge in [0.05, 0.1) is 18.8 Å². The molecule has 1 fully saturated rings. The molecule has 0 amide bonds. The van der Waals surface area contributed by atoms with E-state index in [1.807, 2.05) is 17.5 Å². The minimum atomic E-state index is -0.864. The van der Waals surface area contributed by atoms with E-state index in [1.165, 1.54) is 0 Å². The van der Waals surface area contributed by atoms with Crippen molar-refractivity contribution in [2.24, 2.45) is 0 Å². The lowest BCUT2D eigenvalue weighted by molar-refractivity contribution is -0.132. The average Bonchev–Trinajstić information content (AvgIpc) is 2.96. The molecule has 2 rings (SSSR count). The predicted molar refractivity (Wildman–Crippen MR) is 80.1 cm³/mol. The molecular weight excluding hydrogens is 276 g/mol. The first-order valence-electron chi connectivity index (χ1n) is 6.74. The summed E-state index contributed by atoms with van der Waals surface area (Å²) in [5.41, 5.74) is 0.398. The fraction of sp³-hybridized carbons (Fsp3) is 0.500. The molecule has 0 aromatic carbocycles. The largest absolute Gasteiger partial charge is 0.478 e. The van der Waals surface area contributed by atoms with Crippen LogP contribution in [-0.4, -0.2) is 61.9 Å². The Hall–Kier alpha value is -1.21. The number of carbonyl (C=O) groups is 1. The Morgan fingerprint density at radius 2 is 2.30 bits per heavy atom. The first kappa shape index (κ1) is 15.2. The van der Waals surface area contributed by atoms with Gasteiger partial charge in [-0.25, -0.2) is 4.79 Å². The van der Waals surface area contributed by atoms with E-state index in [1.54, 1.807) is 17.4 Å². The molecule has 1 aliphatic rings. The fourth-order valence-electron chi connectivity index (χ4n) is 2.02. The van der Waals surface area contributed by atoms with Gasteiger partial charge in [-0.1, -0.05) is 6.07 Å². The van der Waals surface area contributed by atoms with Crippen LogP contribution in [0.4, 0.5) is 0 Å². The summed E-state index contributed by atoms with van der Waals surface area (Å²) < 4.78 is 5.29. The second kappa shape index (κ2) is 8.16. The van der Waals surface area contributed by atoms with Gasteiger partial charge in [0.2, 0.25) is 0 Å². The van der Waals surface area contributed by atoms with Crippen molar-refractivity contribution < 1.29 is 14.6 Å². The van der Waals surface area contributed by atoms with Crippen LogP contribution in [0, 0.1) is 0 Å². The standard InChI is InChI=1S/C14H20N2O3S/c17-14(18)12(10-13-2-1-9-20-13)11-15-3-4-16-5-7-19-8-6-16/h1-2,9-10,15H,3-8,11H2,(H,17,18). The number of hydrogen-bond donors (Lipinski definition) is 2. The number of nitrogens with one attached hydrogen (secondary N) is 1. The molecule has 0 aliphatic carbocycles. The highest BCUT2D eigenvalue weighted by Crippen LogP contribution is 2.13. The Morgan fingerprint density at radius 1 is 1.50 bits per heavy atom. The summed E-state index contributed by atoms with van der Waals surface area (Å²) in [7, 11) is 0. The summed E-state index contributed by atoms with van der Waals surface area (Å²) >= 11 is 1.54. The van der Waals surface area contributed by atoms with Crippen LogP contribution in [0.15, 0.2) is 23.1 Å². The van der Waals surface area contributed by atoms with Crippen molar-refractivity contribution in [2.75, 3.05) is 45.9 Å². The van der Waals surface area contributed by atoms with E-state index in [0.717, 1.165) is 44.3 Å². The Labute approximate surface area is 122 Å². The summed E-state index contributed by atoms with van der Waals surface area (Å²) in [6, 6.07) is 3.84. The molecule has 2 heterocycles. The second-order valence-electron chi connectivity index (χ2n) is 4.62. The smallest absolute Gasteiger partial charge is 0.332 e. The summed E-state index contributed by atoms with van der Waals surface area (Å²) in [6.45, 7) is 5.59. The molecule has 110 valence electrons. The van der Waals surface area contributed by atoms with E-state index in [2.05, 4.69) is 10.2 Å². The average molecular weight is 296 g/mol. The fourth-order valence-corrected chi connectivity index (χ4v) is 2.70. The van der Waals surface area contributed by atoms with Gasteiger partial charge in [-0.2, -0.15) is 0 Å². The number of carboxylic acids is 1. The number of rotatable bonds is 7. The van der Waals surface area contributed by atoms with Crippen molar-refractivity contribution in [1.82, 2.24) is 10.2 Å². The van der Waals surface area contributed by atoms with Crippen LogP contribution in [0.1, 0.15) is 4.88 Å². The van der Waals surface area contributed by atoms with Crippen molar-refractivity contribution in [3.63, 3.8) is 0 Å². The van der Waals surface area contributed by atoms with E-state index in [0.29, 0.717) is 12.1 Å². The highest BCUT2D eigenvalue weighted by atomic mass is 32.1. The lowest BCUT2D eigenvalue weighted by atomic mass is 10.2. The molecule has 0 atom stereocenters. The van der Waals surface area contributed by atoms with Crippen LogP contribution >= 0.6 is 11.3 Å². The Morgan fingerprint density at radius 3 is 2.95 bits per heavy atom. The topological polar surface area (TPSA) is 61.8 Å². The van der Waals surface area contributed by atoms with Crippen molar-refractivity contribution >= 4 is 23.4 Å². The molecule has 6 heteroatoms. The summed E-state index contributed by atoms with van der Waals surface area (Å²) in [5.74, 6) is -0.864. The van der Waals surface area contributed by atoms with E-state index in [4.69, 9.17) is 4.74 Å². The second-order valence-corrected chi connectivity index (χ2v) is 5.60. The minimum Gasteiger partial charge on any atom is -0.478 e. The number of ether oxygens (including phenoxy) is 1. The highest BCUT2D eigenvalue weighted by molar-refractivity contribution is 7.10. The van der Waals surface area contributed by atoms with Crippen LogP contribution in [-0.2, 0) is 9.53 Å². The van der Waals surface area contributed by atoms with Crippen LogP contribution < -0.4 is 5.32 Å². The zero-order chi connectivity index (χ0) is 14.2. The third-order valence-corrected chi connectivity index (χ3v) is 3.98. The number of morpholine rings is 1. The van der Waals surface area contributed by atoms with E-state index >= 15 is 0 Å². The molecule has 2 N–H and O–H groups in total. The van der Waals surface area contributed by atoms with Crippen molar-refractivity contribution in [1.29, 1.82) is 0 Å². The normalized spacial score (nSPS) is 17.3. The van der Waals surface area contributed by atoms with Gasteiger partial charge in [0, 0.05) is 37.6 Å². The van der Waals surface area contributed by atoms with Gasteiger partial charge in [0.15, 0.2) is 0 Å². The van der Waals surface area contributed by atoms with Gasteiger partial charge < -0.3 is 15.2 Å². The molecule has 1 aliphatic heterocycles. The van der Waals surface area contributed by atoms with Crippen LogP contribution in [0.3, 0.4) is 0 Å². The predicted octanol–water partition coefficient (Wildman–Crippen LogP) is 1.14. The lowest BCUT2D eigenvalue weighted by Gasteiger charge is -2.26. The van der Waals surface area contributed by atoms with E-state index in [-0.39, 0.29) is 0 Å². The zero-order valence-electron chi connectivity index (χ0n) is 11.4. The quantitative estimate of drug-likeness (QED) is 0.583. The SMILES string of the molecule is O=C(O)C(=Cc1cccs1)CNCCN1CCOCC1. The van der Waals surface area contributed by atoms with Crippen molar-refractivity contribution in [2.45, 2.75) is 0 Å². The third kappa shape index (κ3) is 5.05. The molecule has 1 aromatic heterocycles. The van der Waals surface area contributed by atoms with E-state index in [9.17, 15) is 9.90 Å². The first-order valence-corrected chi connectivity index (χ1v) is 7.62. The zero-order valence-corrected chi connectivity index (χ0v) is 12.2. The lowest BCUT2D eigenvalue weighted by Crippen LogP contribution is -2.40. The Balaban J connectivity index is 1.74. The van der Waals surface area contributed by atoms with Crippen molar-refractivity contribution in [3.8, 4) is 0 Å². The van der Waals surface area contributed by atoms with Crippen molar-refractivity contribution in [3.05, 3.63) is 28.0 Å². The van der Waals surface area contributed by atoms with Crippen LogP contribution in [0.5, 0.6) is 0 Å². The van der Waals surface area contributed by atoms with Crippen LogP contribution in [0.2, 0.25) is 0 Å². The van der Waals surface area contributed by atoms with Gasteiger partial charge >= 0.3 is 5.97 Å².